The predicted octanol–water partition coefficient (Wildman–Crippen LogP) is 3.28. The maximum Gasteiger partial charge on any atom is 0.205 e. The van der Waals surface area contributed by atoms with Gasteiger partial charge in [0, 0.05) is 17.1 Å². The Hall–Kier alpha value is -0.580. The first-order valence-corrected chi connectivity index (χ1v) is 6.69. The molecule has 3 nitrogen and oxygen atoms in total. The molecule has 0 aromatic heterocycles. The highest BCUT2D eigenvalue weighted by Crippen LogP contribution is 2.45. The number of hydrogen-bond acceptors (Lipinski definition) is 3. The molecular weight excluding hydrogens is 284 g/mol. The standard InChI is InChI=1S/C13H15BrO3/c1-15-12-9-3-2-6-16-13(9)17-11-5-4-8(14)7-10(11)12/h4-5,7,9,12-13H,2-3,6H2,1H3/t9-,12+,13-/m0/s1. The van der Waals surface area contributed by atoms with Gasteiger partial charge in [-0.05, 0) is 31.0 Å². The lowest BCUT2D eigenvalue weighted by Crippen LogP contribution is -2.41. The van der Waals surface area contributed by atoms with Gasteiger partial charge in [0.2, 0.25) is 6.29 Å². The van der Waals surface area contributed by atoms with Gasteiger partial charge in [0.05, 0.1) is 18.6 Å². The van der Waals surface area contributed by atoms with E-state index >= 15 is 0 Å². The molecule has 17 heavy (non-hydrogen) atoms. The molecule has 3 atom stereocenters. The third-order valence-corrected chi connectivity index (χ3v) is 3.97. The van der Waals surface area contributed by atoms with Crippen molar-refractivity contribution in [3.63, 3.8) is 0 Å². The highest BCUT2D eigenvalue weighted by atomic mass is 79.9. The van der Waals surface area contributed by atoms with Crippen LogP contribution in [-0.4, -0.2) is 20.0 Å². The number of hydrogen-bond donors (Lipinski definition) is 0. The van der Waals surface area contributed by atoms with Crippen molar-refractivity contribution in [2.45, 2.75) is 25.2 Å². The monoisotopic (exact) mass is 298 g/mol. The van der Waals surface area contributed by atoms with E-state index in [0.717, 1.165) is 35.2 Å². The van der Waals surface area contributed by atoms with Crippen LogP contribution in [0.2, 0.25) is 0 Å². The Bertz CT molecular complexity index is 421. The van der Waals surface area contributed by atoms with Crippen molar-refractivity contribution in [3.05, 3.63) is 28.2 Å². The number of methoxy groups -OCH3 is 1. The lowest BCUT2D eigenvalue weighted by molar-refractivity contribution is -0.185. The van der Waals surface area contributed by atoms with Gasteiger partial charge in [-0.3, -0.25) is 0 Å². The largest absolute Gasteiger partial charge is 0.464 e. The summed E-state index contributed by atoms with van der Waals surface area (Å²) in [6.07, 6.45) is 2.09. The van der Waals surface area contributed by atoms with E-state index in [1.165, 1.54) is 0 Å². The number of rotatable bonds is 1. The van der Waals surface area contributed by atoms with Crippen molar-refractivity contribution in [1.82, 2.24) is 0 Å². The van der Waals surface area contributed by atoms with E-state index < -0.39 is 0 Å². The molecule has 1 saturated heterocycles. The quantitative estimate of drug-likeness (QED) is 0.796. The van der Waals surface area contributed by atoms with Crippen molar-refractivity contribution in [3.8, 4) is 5.75 Å². The Balaban J connectivity index is 2.01. The molecule has 1 aromatic carbocycles. The molecule has 0 spiro atoms. The summed E-state index contributed by atoms with van der Waals surface area (Å²) in [7, 11) is 1.76. The fraction of sp³-hybridized carbons (Fsp3) is 0.538. The van der Waals surface area contributed by atoms with Crippen molar-refractivity contribution in [2.75, 3.05) is 13.7 Å². The number of benzene rings is 1. The van der Waals surface area contributed by atoms with E-state index in [2.05, 4.69) is 22.0 Å². The smallest absolute Gasteiger partial charge is 0.205 e. The molecule has 0 bridgehead atoms. The minimum absolute atomic E-state index is 0.0709. The molecule has 0 N–H and O–H groups in total. The first kappa shape index (κ1) is 11.5. The molecule has 3 rings (SSSR count). The second kappa shape index (κ2) is 4.59. The molecule has 0 radical (unpaired) electrons. The first-order valence-electron chi connectivity index (χ1n) is 5.90. The maximum absolute atomic E-state index is 5.90. The lowest BCUT2D eigenvalue weighted by atomic mass is 9.87. The van der Waals surface area contributed by atoms with Crippen LogP contribution in [0.1, 0.15) is 24.5 Å². The molecule has 0 unspecified atom stereocenters. The molecule has 1 aromatic rings. The summed E-state index contributed by atoms with van der Waals surface area (Å²) >= 11 is 3.49. The van der Waals surface area contributed by atoms with Crippen LogP contribution in [0.5, 0.6) is 5.75 Å². The molecule has 0 saturated carbocycles. The molecule has 2 aliphatic rings. The molecule has 92 valence electrons. The van der Waals surface area contributed by atoms with Crippen LogP contribution in [0, 0.1) is 5.92 Å². The zero-order valence-electron chi connectivity index (χ0n) is 9.69. The van der Waals surface area contributed by atoms with Crippen LogP contribution < -0.4 is 4.74 Å². The van der Waals surface area contributed by atoms with E-state index in [9.17, 15) is 0 Å². The van der Waals surface area contributed by atoms with Gasteiger partial charge < -0.3 is 14.2 Å². The van der Waals surface area contributed by atoms with Crippen LogP contribution in [-0.2, 0) is 9.47 Å². The zero-order chi connectivity index (χ0) is 11.8. The van der Waals surface area contributed by atoms with E-state index in [1.807, 2.05) is 12.1 Å². The van der Waals surface area contributed by atoms with Crippen LogP contribution >= 0.6 is 15.9 Å². The van der Waals surface area contributed by atoms with E-state index in [0.29, 0.717) is 5.92 Å². The topological polar surface area (TPSA) is 27.7 Å². The van der Waals surface area contributed by atoms with Crippen molar-refractivity contribution in [1.29, 1.82) is 0 Å². The summed E-state index contributed by atoms with van der Waals surface area (Å²) in [5, 5.41) is 0. The Morgan fingerprint density at radius 3 is 3.12 bits per heavy atom. The second-order valence-corrected chi connectivity index (χ2v) is 5.42. The SMILES string of the molecule is CO[C@H]1c2cc(Br)ccc2O[C@@H]2OCCC[C@H]21. The molecule has 0 amide bonds. The fourth-order valence-electron chi connectivity index (χ4n) is 2.70. The Morgan fingerprint density at radius 1 is 1.41 bits per heavy atom. The average molecular weight is 299 g/mol. The van der Waals surface area contributed by atoms with Gasteiger partial charge in [-0.25, -0.2) is 0 Å². The van der Waals surface area contributed by atoms with Crippen LogP contribution in [0.25, 0.3) is 0 Å². The lowest BCUT2D eigenvalue weighted by Gasteiger charge is -2.41. The summed E-state index contributed by atoms with van der Waals surface area (Å²) in [6, 6.07) is 6.03. The van der Waals surface area contributed by atoms with Crippen molar-refractivity contribution >= 4 is 15.9 Å². The molecule has 4 heteroatoms. The van der Waals surface area contributed by atoms with Gasteiger partial charge in [-0.15, -0.1) is 0 Å². The summed E-state index contributed by atoms with van der Waals surface area (Å²) in [4.78, 5) is 0. The number of halogens is 1. The van der Waals surface area contributed by atoms with Gasteiger partial charge >= 0.3 is 0 Å². The Morgan fingerprint density at radius 2 is 2.29 bits per heavy atom. The van der Waals surface area contributed by atoms with Gasteiger partial charge in [0.15, 0.2) is 0 Å². The highest BCUT2D eigenvalue weighted by molar-refractivity contribution is 9.10. The predicted molar refractivity (Wildman–Crippen MR) is 67.0 cm³/mol. The third kappa shape index (κ3) is 1.98. The van der Waals surface area contributed by atoms with Gasteiger partial charge in [0.1, 0.15) is 5.75 Å². The molecule has 0 aliphatic carbocycles. The molecule has 2 aliphatic heterocycles. The van der Waals surface area contributed by atoms with Crippen LogP contribution in [0.4, 0.5) is 0 Å². The summed E-state index contributed by atoms with van der Waals surface area (Å²) < 4.78 is 18.3. The van der Waals surface area contributed by atoms with Crippen LogP contribution in [0.15, 0.2) is 22.7 Å². The number of ether oxygens (including phenoxy) is 3. The summed E-state index contributed by atoms with van der Waals surface area (Å²) in [5.74, 6) is 1.18. The van der Waals surface area contributed by atoms with E-state index in [4.69, 9.17) is 14.2 Å². The fourth-order valence-corrected chi connectivity index (χ4v) is 3.08. The van der Waals surface area contributed by atoms with Gasteiger partial charge in [-0.1, -0.05) is 15.9 Å². The van der Waals surface area contributed by atoms with Gasteiger partial charge in [0.25, 0.3) is 0 Å². The second-order valence-electron chi connectivity index (χ2n) is 4.50. The average Bonchev–Trinajstić information content (AvgIpc) is 2.36. The molecule has 1 fully saturated rings. The minimum Gasteiger partial charge on any atom is -0.464 e. The van der Waals surface area contributed by atoms with Crippen molar-refractivity contribution in [2.24, 2.45) is 5.92 Å². The maximum atomic E-state index is 5.90. The van der Waals surface area contributed by atoms with Crippen molar-refractivity contribution < 1.29 is 14.2 Å². The molecular formula is C13H15BrO3. The van der Waals surface area contributed by atoms with Crippen LogP contribution in [0.3, 0.4) is 0 Å². The Kier molecular flexibility index (Phi) is 3.11. The van der Waals surface area contributed by atoms with E-state index in [1.54, 1.807) is 7.11 Å². The summed E-state index contributed by atoms with van der Waals surface area (Å²) in [5.41, 5.74) is 1.12. The third-order valence-electron chi connectivity index (χ3n) is 3.48. The molecule has 2 heterocycles. The minimum atomic E-state index is -0.151. The summed E-state index contributed by atoms with van der Waals surface area (Å²) in [6.45, 7) is 0.781. The Labute approximate surface area is 109 Å². The number of fused-ring (bicyclic) bond motifs is 2. The van der Waals surface area contributed by atoms with Gasteiger partial charge in [-0.2, -0.15) is 0 Å². The first-order chi connectivity index (χ1) is 8.29. The highest BCUT2D eigenvalue weighted by Gasteiger charge is 2.40. The van der Waals surface area contributed by atoms with E-state index in [-0.39, 0.29) is 12.4 Å². The zero-order valence-corrected chi connectivity index (χ0v) is 11.3. The normalized spacial score (nSPS) is 31.3.